The molecule has 1 N–H and O–H groups in total. The minimum absolute atomic E-state index is 0.166. The first kappa shape index (κ1) is 26.5. The maximum Gasteiger partial charge on any atom is 0.250 e. The Bertz CT molecular complexity index is 1240. The van der Waals surface area contributed by atoms with E-state index >= 15 is 0 Å². The number of rotatable bonds is 10. The molecule has 0 aliphatic heterocycles. The van der Waals surface area contributed by atoms with Crippen molar-refractivity contribution in [1.29, 1.82) is 0 Å². The summed E-state index contributed by atoms with van der Waals surface area (Å²) in [4.78, 5) is 12.6. The molecule has 0 spiro atoms. The molecule has 1 amide bonds. The van der Waals surface area contributed by atoms with Crippen molar-refractivity contribution in [3.05, 3.63) is 47.5 Å². The van der Waals surface area contributed by atoms with Gasteiger partial charge in [0.2, 0.25) is 5.75 Å². The molecule has 1 heterocycles. The maximum atomic E-state index is 12.6. The highest BCUT2D eigenvalue weighted by molar-refractivity contribution is 7.99. The predicted octanol–water partition coefficient (Wildman–Crippen LogP) is 5.03. The van der Waals surface area contributed by atoms with Crippen LogP contribution in [0.25, 0.3) is 11.4 Å². The molecular formula is C27H33N5O4S. The number of hydrogen-bond acceptors (Lipinski definition) is 8. The molecule has 10 heteroatoms. The van der Waals surface area contributed by atoms with E-state index in [1.54, 1.807) is 19.2 Å². The smallest absolute Gasteiger partial charge is 0.250 e. The van der Waals surface area contributed by atoms with Crippen molar-refractivity contribution in [3.63, 3.8) is 0 Å². The zero-order valence-electron chi connectivity index (χ0n) is 21.7. The Balaban J connectivity index is 1.45. The third kappa shape index (κ3) is 6.25. The van der Waals surface area contributed by atoms with Crippen molar-refractivity contribution >= 4 is 23.9 Å². The number of thioether (sulfide) groups is 1. The molecule has 2 aromatic carbocycles. The van der Waals surface area contributed by atoms with Crippen LogP contribution in [-0.4, -0.2) is 54.0 Å². The van der Waals surface area contributed by atoms with Crippen LogP contribution in [0.3, 0.4) is 0 Å². The third-order valence-electron chi connectivity index (χ3n) is 6.37. The molecule has 3 aromatic rings. The molecule has 37 heavy (non-hydrogen) atoms. The first-order valence-corrected chi connectivity index (χ1v) is 13.3. The van der Waals surface area contributed by atoms with E-state index in [4.69, 9.17) is 14.2 Å². The summed E-state index contributed by atoms with van der Waals surface area (Å²) in [6.07, 6.45) is 7.34. The Labute approximate surface area is 221 Å². The van der Waals surface area contributed by atoms with Crippen LogP contribution < -0.4 is 19.6 Å². The van der Waals surface area contributed by atoms with E-state index in [-0.39, 0.29) is 11.7 Å². The Morgan fingerprint density at radius 1 is 1.03 bits per heavy atom. The lowest BCUT2D eigenvalue weighted by Crippen LogP contribution is -2.21. The lowest BCUT2D eigenvalue weighted by Gasteiger charge is -2.25. The Morgan fingerprint density at radius 3 is 2.43 bits per heavy atom. The molecule has 0 unspecified atom stereocenters. The van der Waals surface area contributed by atoms with Crippen LogP contribution in [0.5, 0.6) is 17.2 Å². The predicted molar refractivity (Wildman–Crippen MR) is 145 cm³/mol. The van der Waals surface area contributed by atoms with Crippen LogP contribution in [0.2, 0.25) is 0 Å². The van der Waals surface area contributed by atoms with Crippen LogP contribution in [0.15, 0.2) is 46.7 Å². The maximum absolute atomic E-state index is 12.6. The van der Waals surface area contributed by atoms with Gasteiger partial charge in [-0.05, 0) is 31.9 Å². The van der Waals surface area contributed by atoms with E-state index in [0.717, 1.165) is 29.4 Å². The fraction of sp³-hybridized carbons (Fsp3) is 0.407. The number of nitrogens with one attached hydrogen (secondary N) is 1. The van der Waals surface area contributed by atoms with Gasteiger partial charge in [0.15, 0.2) is 22.5 Å². The van der Waals surface area contributed by atoms with Gasteiger partial charge in [-0.1, -0.05) is 60.9 Å². The molecule has 1 aliphatic carbocycles. The van der Waals surface area contributed by atoms with Crippen LogP contribution in [-0.2, 0) is 4.79 Å². The SMILES string of the molecule is COc1ccc(C=NNC(=O)CSc2nnc(-c3ccc(C)cc3)n2C2CCCCC2)c(OC)c1OC. The summed E-state index contributed by atoms with van der Waals surface area (Å²) in [6.45, 7) is 2.07. The number of hydrazone groups is 1. The number of ether oxygens (including phenoxy) is 3. The number of nitrogens with zero attached hydrogens (tertiary/aromatic N) is 4. The van der Waals surface area contributed by atoms with Crippen molar-refractivity contribution in [2.45, 2.75) is 50.2 Å². The average molecular weight is 524 g/mol. The fourth-order valence-corrected chi connectivity index (χ4v) is 5.30. The van der Waals surface area contributed by atoms with Gasteiger partial charge in [-0.2, -0.15) is 5.10 Å². The first-order valence-electron chi connectivity index (χ1n) is 12.3. The van der Waals surface area contributed by atoms with E-state index < -0.39 is 0 Å². The molecule has 0 saturated heterocycles. The van der Waals surface area contributed by atoms with Gasteiger partial charge in [-0.15, -0.1) is 10.2 Å². The number of hydrogen-bond donors (Lipinski definition) is 1. The Hall–Kier alpha value is -3.53. The second-order valence-electron chi connectivity index (χ2n) is 8.84. The fourth-order valence-electron chi connectivity index (χ4n) is 4.51. The molecule has 9 nitrogen and oxygen atoms in total. The molecule has 1 saturated carbocycles. The molecule has 0 atom stereocenters. The molecule has 0 bridgehead atoms. The van der Waals surface area contributed by atoms with Gasteiger partial charge in [0.25, 0.3) is 5.91 Å². The second-order valence-corrected chi connectivity index (χ2v) is 9.78. The lowest BCUT2D eigenvalue weighted by molar-refractivity contribution is -0.118. The minimum Gasteiger partial charge on any atom is -0.493 e. The van der Waals surface area contributed by atoms with Crippen molar-refractivity contribution < 1.29 is 19.0 Å². The van der Waals surface area contributed by atoms with Crippen molar-refractivity contribution in [3.8, 4) is 28.6 Å². The van der Waals surface area contributed by atoms with E-state index in [0.29, 0.717) is 28.9 Å². The second kappa shape index (κ2) is 12.6. The number of carbonyl (C=O) groups is 1. The van der Waals surface area contributed by atoms with E-state index in [1.165, 1.54) is 57.0 Å². The molecule has 4 rings (SSSR count). The van der Waals surface area contributed by atoms with Gasteiger partial charge in [0.05, 0.1) is 33.3 Å². The molecular weight excluding hydrogens is 490 g/mol. The Morgan fingerprint density at radius 2 is 1.76 bits per heavy atom. The normalized spacial score (nSPS) is 14.1. The van der Waals surface area contributed by atoms with Crippen LogP contribution in [0.1, 0.15) is 49.3 Å². The first-order chi connectivity index (χ1) is 18.0. The minimum atomic E-state index is -0.240. The van der Waals surface area contributed by atoms with Crippen LogP contribution >= 0.6 is 11.8 Å². The summed E-state index contributed by atoms with van der Waals surface area (Å²) in [5.41, 5.74) is 5.47. The number of aromatic nitrogens is 3. The van der Waals surface area contributed by atoms with Gasteiger partial charge in [0, 0.05) is 17.2 Å². The summed E-state index contributed by atoms with van der Waals surface area (Å²) in [5.74, 6) is 2.26. The van der Waals surface area contributed by atoms with Gasteiger partial charge in [-0.25, -0.2) is 5.43 Å². The van der Waals surface area contributed by atoms with Crippen LogP contribution in [0.4, 0.5) is 0 Å². The molecule has 1 aliphatic rings. The number of aryl methyl sites for hydroxylation is 1. The quantitative estimate of drug-likeness (QED) is 0.226. The summed E-state index contributed by atoms with van der Waals surface area (Å²) < 4.78 is 18.4. The standard InChI is InChI=1S/C27H33N5O4S/c1-18-10-12-19(13-11-18)26-30-31-27(32(26)21-8-6-5-7-9-21)37-17-23(33)29-28-16-20-14-15-22(34-2)25(36-4)24(20)35-3/h10-16,21H,5-9,17H2,1-4H3,(H,29,33). The summed E-state index contributed by atoms with van der Waals surface area (Å²) in [6, 6.07) is 12.2. The van der Waals surface area contributed by atoms with Crippen molar-refractivity contribution in [1.82, 2.24) is 20.2 Å². The topological polar surface area (TPSA) is 99.9 Å². The zero-order chi connectivity index (χ0) is 26.2. The molecule has 1 aromatic heterocycles. The molecule has 196 valence electrons. The lowest BCUT2D eigenvalue weighted by atomic mass is 9.95. The van der Waals surface area contributed by atoms with Gasteiger partial charge in [0.1, 0.15) is 0 Å². The largest absolute Gasteiger partial charge is 0.493 e. The highest BCUT2D eigenvalue weighted by Gasteiger charge is 2.24. The number of benzene rings is 2. The summed E-state index contributed by atoms with van der Waals surface area (Å²) in [7, 11) is 4.63. The Kier molecular flexibility index (Phi) is 9.05. The number of carbonyl (C=O) groups excluding carboxylic acids is 1. The molecule has 1 fully saturated rings. The van der Waals surface area contributed by atoms with Gasteiger partial charge < -0.3 is 14.2 Å². The zero-order valence-corrected chi connectivity index (χ0v) is 22.5. The highest BCUT2D eigenvalue weighted by atomic mass is 32.2. The summed E-state index contributed by atoms with van der Waals surface area (Å²) >= 11 is 1.37. The van der Waals surface area contributed by atoms with E-state index in [9.17, 15) is 4.79 Å². The van der Waals surface area contributed by atoms with Crippen LogP contribution in [0, 0.1) is 6.92 Å². The third-order valence-corrected chi connectivity index (χ3v) is 7.32. The van der Waals surface area contributed by atoms with Gasteiger partial charge >= 0.3 is 0 Å². The van der Waals surface area contributed by atoms with Crippen molar-refractivity contribution in [2.75, 3.05) is 27.1 Å². The molecule has 0 radical (unpaired) electrons. The monoisotopic (exact) mass is 523 g/mol. The summed E-state index contributed by atoms with van der Waals surface area (Å²) in [5, 5.41) is 13.8. The highest BCUT2D eigenvalue weighted by Crippen LogP contribution is 2.39. The number of methoxy groups -OCH3 is 3. The van der Waals surface area contributed by atoms with E-state index in [2.05, 4.69) is 56.5 Å². The van der Waals surface area contributed by atoms with E-state index in [1.807, 2.05) is 0 Å². The van der Waals surface area contributed by atoms with Gasteiger partial charge in [-0.3, -0.25) is 9.36 Å². The van der Waals surface area contributed by atoms with Crippen molar-refractivity contribution in [2.24, 2.45) is 5.10 Å². The average Bonchev–Trinajstić information content (AvgIpc) is 3.36. The number of amides is 1.